The van der Waals surface area contributed by atoms with Crippen LogP contribution in [0.5, 0.6) is 0 Å². The first-order valence-corrected chi connectivity index (χ1v) is 8.13. The van der Waals surface area contributed by atoms with Crippen molar-refractivity contribution in [1.29, 1.82) is 0 Å². The molecule has 0 bridgehead atoms. The van der Waals surface area contributed by atoms with Crippen LogP contribution in [0.2, 0.25) is 0 Å². The van der Waals surface area contributed by atoms with E-state index in [0.717, 1.165) is 15.6 Å². The Morgan fingerprint density at radius 3 is 2.71 bits per heavy atom. The maximum atomic E-state index is 12.3. The maximum Gasteiger partial charge on any atom is 0.274 e. The SMILES string of the molecule is O=C(NCc1nnc(-c2ccccc2)s1)c1noc2ccccc12. The Bertz CT molecular complexity index is 994. The lowest BCUT2D eigenvalue weighted by Crippen LogP contribution is -2.23. The number of fused-ring (bicyclic) bond motifs is 1. The highest BCUT2D eigenvalue weighted by Gasteiger charge is 2.16. The van der Waals surface area contributed by atoms with Crippen molar-refractivity contribution in [2.24, 2.45) is 0 Å². The summed E-state index contributed by atoms with van der Waals surface area (Å²) in [4.78, 5) is 12.3. The molecule has 2 heterocycles. The Morgan fingerprint density at radius 1 is 1.04 bits per heavy atom. The Morgan fingerprint density at radius 2 is 1.83 bits per heavy atom. The van der Waals surface area contributed by atoms with Gasteiger partial charge in [-0.3, -0.25) is 4.79 Å². The van der Waals surface area contributed by atoms with Gasteiger partial charge in [0.1, 0.15) is 10.0 Å². The molecule has 1 amide bonds. The van der Waals surface area contributed by atoms with E-state index >= 15 is 0 Å². The second-order valence-electron chi connectivity index (χ2n) is 5.08. The molecule has 0 atom stereocenters. The molecule has 4 aromatic rings. The highest BCUT2D eigenvalue weighted by Crippen LogP contribution is 2.23. The number of benzene rings is 2. The van der Waals surface area contributed by atoms with Crippen LogP contribution < -0.4 is 5.32 Å². The lowest BCUT2D eigenvalue weighted by atomic mass is 10.2. The second-order valence-corrected chi connectivity index (χ2v) is 6.14. The summed E-state index contributed by atoms with van der Waals surface area (Å²) in [6.45, 7) is 0.296. The molecule has 24 heavy (non-hydrogen) atoms. The fourth-order valence-corrected chi connectivity index (χ4v) is 3.10. The van der Waals surface area contributed by atoms with Crippen LogP contribution in [0.15, 0.2) is 59.1 Å². The molecular weight excluding hydrogens is 324 g/mol. The number of hydrogen-bond donors (Lipinski definition) is 1. The topological polar surface area (TPSA) is 80.9 Å². The zero-order chi connectivity index (χ0) is 16.4. The summed E-state index contributed by atoms with van der Waals surface area (Å²) >= 11 is 1.45. The predicted octanol–water partition coefficient (Wildman–Crippen LogP) is 3.28. The van der Waals surface area contributed by atoms with Crippen molar-refractivity contribution in [3.63, 3.8) is 0 Å². The van der Waals surface area contributed by atoms with Crippen LogP contribution in [0.4, 0.5) is 0 Å². The molecule has 4 rings (SSSR count). The molecule has 0 saturated carbocycles. The van der Waals surface area contributed by atoms with Gasteiger partial charge in [0.2, 0.25) is 0 Å². The first-order valence-electron chi connectivity index (χ1n) is 7.32. The summed E-state index contributed by atoms with van der Waals surface area (Å²) in [7, 11) is 0. The number of rotatable bonds is 4. The Balaban J connectivity index is 1.47. The summed E-state index contributed by atoms with van der Waals surface area (Å²) in [5.41, 5.74) is 1.87. The molecule has 0 saturated heterocycles. The van der Waals surface area contributed by atoms with Gasteiger partial charge in [-0.25, -0.2) is 0 Å². The van der Waals surface area contributed by atoms with E-state index in [0.29, 0.717) is 17.5 Å². The van der Waals surface area contributed by atoms with Crippen LogP contribution in [0, 0.1) is 0 Å². The van der Waals surface area contributed by atoms with Crippen molar-refractivity contribution in [2.45, 2.75) is 6.54 Å². The van der Waals surface area contributed by atoms with Gasteiger partial charge in [0.05, 0.1) is 11.9 Å². The molecule has 118 valence electrons. The zero-order valence-electron chi connectivity index (χ0n) is 12.5. The lowest BCUT2D eigenvalue weighted by molar-refractivity contribution is 0.0943. The van der Waals surface area contributed by atoms with Crippen LogP contribution in [0.1, 0.15) is 15.5 Å². The molecule has 1 N–H and O–H groups in total. The lowest BCUT2D eigenvalue weighted by Gasteiger charge is -1.99. The summed E-state index contributed by atoms with van der Waals surface area (Å²) in [6, 6.07) is 17.1. The van der Waals surface area contributed by atoms with E-state index < -0.39 is 0 Å². The highest BCUT2D eigenvalue weighted by molar-refractivity contribution is 7.14. The largest absolute Gasteiger partial charge is 0.355 e. The molecule has 7 heteroatoms. The molecule has 2 aromatic carbocycles. The number of aromatic nitrogens is 3. The number of nitrogens with one attached hydrogen (secondary N) is 1. The summed E-state index contributed by atoms with van der Waals surface area (Å²) in [5.74, 6) is -0.295. The van der Waals surface area contributed by atoms with Crippen molar-refractivity contribution in [1.82, 2.24) is 20.7 Å². The molecule has 0 fully saturated rings. The Hall–Kier alpha value is -3.06. The third-order valence-electron chi connectivity index (χ3n) is 3.48. The molecule has 6 nitrogen and oxygen atoms in total. The van der Waals surface area contributed by atoms with E-state index in [1.807, 2.05) is 42.5 Å². The van der Waals surface area contributed by atoms with Gasteiger partial charge in [0.25, 0.3) is 5.91 Å². The van der Waals surface area contributed by atoms with Gasteiger partial charge in [-0.1, -0.05) is 59.0 Å². The third-order valence-corrected chi connectivity index (χ3v) is 4.45. The number of para-hydroxylation sites is 1. The molecule has 0 unspecified atom stereocenters. The minimum Gasteiger partial charge on any atom is -0.355 e. The minimum atomic E-state index is -0.295. The Labute approximate surface area is 141 Å². The molecule has 0 aliphatic carbocycles. The number of hydrogen-bond acceptors (Lipinski definition) is 6. The van der Waals surface area contributed by atoms with Crippen molar-refractivity contribution in [3.05, 3.63) is 65.3 Å². The normalized spacial score (nSPS) is 10.8. The van der Waals surface area contributed by atoms with E-state index in [1.165, 1.54) is 11.3 Å². The van der Waals surface area contributed by atoms with Gasteiger partial charge in [0.15, 0.2) is 11.3 Å². The molecule has 0 spiro atoms. The second kappa shape index (κ2) is 6.21. The Kier molecular flexibility index (Phi) is 3.76. The van der Waals surface area contributed by atoms with Crippen LogP contribution in [-0.2, 0) is 6.54 Å². The average molecular weight is 336 g/mol. The summed E-state index contributed by atoms with van der Waals surface area (Å²) < 4.78 is 5.15. The first kappa shape index (κ1) is 14.5. The predicted molar refractivity (Wildman–Crippen MR) is 90.5 cm³/mol. The maximum absolute atomic E-state index is 12.3. The highest BCUT2D eigenvalue weighted by atomic mass is 32.1. The molecular formula is C17H12N4O2S. The van der Waals surface area contributed by atoms with Crippen molar-refractivity contribution in [2.75, 3.05) is 0 Å². The van der Waals surface area contributed by atoms with Crippen molar-refractivity contribution >= 4 is 28.2 Å². The monoisotopic (exact) mass is 336 g/mol. The number of carbonyl (C=O) groups is 1. The standard InChI is InChI=1S/C17H12N4O2S/c22-16(15-12-8-4-5-9-13(12)23-21-15)18-10-14-19-20-17(24-14)11-6-2-1-3-7-11/h1-9H,10H2,(H,18,22). The first-order chi connectivity index (χ1) is 11.8. The molecule has 0 radical (unpaired) electrons. The average Bonchev–Trinajstić information content (AvgIpc) is 3.27. The number of carbonyl (C=O) groups excluding carboxylic acids is 1. The van der Waals surface area contributed by atoms with Gasteiger partial charge < -0.3 is 9.84 Å². The van der Waals surface area contributed by atoms with Gasteiger partial charge in [-0.2, -0.15) is 0 Å². The van der Waals surface area contributed by atoms with E-state index in [-0.39, 0.29) is 11.6 Å². The minimum absolute atomic E-state index is 0.276. The van der Waals surface area contributed by atoms with Crippen molar-refractivity contribution in [3.8, 4) is 10.6 Å². The van der Waals surface area contributed by atoms with Gasteiger partial charge in [0, 0.05) is 5.56 Å². The van der Waals surface area contributed by atoms with Crippen LogP contribution >= 0.6 is 11.3 Å². The van der Waals surface area contributed by atoms with Crippen molar-refractivity contribution < 1.29 is 9.32 Å². The van der Waals surface area contributed by atoms with E-state index in [9.17, 15) is 4.79 Å². The van der Waals surface area contributed by atoms with E-state index in [1.54, 1.807) is 12.1 Å². The molecule has 2 aromatic heterocycles. The van der Waals surface area contributed by atoms with Gasteiger partial charge in [-0.05, 0) is 12.1 Å². The quantitative estimate of drug-likeness (QED) is 0.618. The van der Waals surface area contributed by atoms with Gasteiger partial charge in [-0.15, -0.1) is 10.2 Å². The van der Waals surface area contributed by atoms with E-state index in [2.05, 4.69) is 20.7 Å². The summed E-state index contributed by atoms with van der Waals surface area (Å²) in [6.07, 6.45) is 0. The van der Waals surface area contributed by atoms with Crippen LogP contribution in [0.3, 0.4) is 0 Å². The smallest absolute Gasteiger partial charge is 0.274 e. The third kappa shape index (κ3) is 2.77. The van der Waals surface area contributed by atoms with Gasteiger partial charge >= 0.3 is 0 Å². The zero-order valence-corrected chi connectivity index (χ0v) is 13.3. The summed E-state index contributed by atoms with van der Waals surface area (Å²) in [5, 5.41) is 17.2. The molecule has 0 aliphatic rings. The fourth-order valence-electron chi connectivity index (χ4n) is 2.31. The number of amides is 1. The van der Waals surface area contributed by atoms with Crippen LogP contribution in [-0.4, -0.2) is 21.3 Å². The fraction of sp³-hybridized carbons (Fsp3) is 0.0588. The molecule has 0 aliphatic heterocycles. The van der Waals surface area contributed by atoms with E-state index in [4.69, 9.17) is 4.52 Å². The van der Waals surface area contributed by atoms with Crippen LogP contribution in [0.25, 0.3) is 21.5 Å². The number of nitrogens with zero attached hydrogens (tertiary/aromatic N) is 3.